The van der Waals surface area contributed by atoms with E-state index >= 15 is 0 Å². The molecule has 1 aliphatic heterocycles. The van der Waals surface area contributed by atoms with Gasteiger partial charge in [0.15, 0.2) is 0 Å². The van der Waals surface area contributed by atoms with E-state index in [0.29, 0.717) is 36.0 Å². The van der Waals surface area contributed by atoms with Gasteiger partial charge in [0.2, 0.25) is 0 Å². The van der Waals surface area contributed by atoms with Crippen LogP contribution in [0.4, 0.5) is 0 Å². The molecule has 4 fully saturated rings. The van der Waals surface area contributed by atoms with E-state index in [1.165, 1.54) is 31.3 Å². The minimum absolute atomic E-state index is 0.0531. The maximum atomic E-state index is 10.4. The Morgan fingerprint density at radius 3 is 2.59 bits per heavy atom. The second-order valence-corrected chi connectivity index (χ2v) is 11.9. The summed E-state index contributed by atoms with van der Waals surface area (Å²) in [7, 11) is 0. The summed E-state index contributed by atoms with van der Waals surface area (Å²) >= 11 is 0. The summed E-state index contributed by atoms with van der Waals surface area (Å²) in [4.78, 5) is 0. The van der Waals surface area contributed by atoms with Crippen molar-refractivity contribution in [2.75, 3.05) is 0 Å². The molecule has 0 aromatic rings. The van der Waals surface area contributed by atoms with E-state index in [9.17, 15) is 15.3 Å². The third-order valence-corrected chi connectivity index (χ3v) is 9.36. The number of rotatable bonds is 4. The van der Waals surface area contributed by atoms with Crippen molar-refractivity contribution in [2.45, 2.75) is 115 Å². The molecular weight excluding hydrogens is 400 g/mol. The zero-order valence-corrected chi connectivity index (χ0v) is 20.5. The lowest BCUT2D eigenvalue weighted by Crippen LogP contribution is -2.41. The van der Waals surface area contributed by atoms with Crippen LogP contribution in [0.1, 0.15) is 85.5 Å². The number of fused-ring (bicyclic) bond motifs is 1. The number of aliphatic hydroxyl groups is 3. The number of allylic oxidation sites excluding steroid dienone is 3. The van der Waals surface area contributed by atoms with Gasteiger partial charge in [0, 0.05) is 6.42 Å². The normalized spacial score (nSPS) is 44.3. The molecule has 3 aliphatic carbocycles. The average molecular weight is 445 g/mol. The second-order valence-electron chi connectivity index (χ2n) is 11.9. The average Bonchev–Trinajstić information content (AvgIpc) is 3.34. The van der Waals surface area contributed by atoms with Gasteiger partial charge in [0.25, 0.3) is 0 Å². The van der Waals surface area contributed by atoms with E-state index in [1.807, 2.05) is 13.8 Å². The Labute approximate surface area is 194 Å². The minimum Gasteiger partial charge on any atom is -0.393 e. The van der Waals surface area contributed by atoms with Gasteiger partial charge >= 0.3 is 0 Å². The van der Waals surface area contributed by atoms with Crippen LogP contribution in [0.25, 0.3) is 0 Å². The van der Waals surface area contributed by atoms with Crippen LogP contribution in [0.15, 0.2) is 35.5 Å². The zero-order valence-electron chi connectivity index (χ0n) is 20.5. The molecule has 1 heterocycles. The molecular formula is C28H44O4. The van der Waals surface area contributed by atoms with E-state index in [0.717, 1.165) is 30.4 Å². The maximum absolute atomic E-state index is 10.4. The highest BCUT2D eigenvalue weighted by molar-refractivity contribution is 5.38. The van der Waals surface area contributed by atoms with Crippen molar-refractivity contribution in [2.24, 2.45) is 23.2 Å². The smallest absolute Gasteiger partial charge is 0.0861 e. The summed E-state index contributed by atoms with van der Waals surface area (Å²) in [5.74, 6) is 1.74. The van der Waals surface area contributed by atoms with Crippen molar-refractivity contribution < 1.29 is 20.1 Å². The first-order valence-corrected chi connectivity index (χ1v) is 12.8. The summed E-state index contributed by atoms with van der Waals surface area (Å²) in [5, 5.41) is 30.6. The molecule has 0 aromatic heterocycles. The monoisotopic (exact) mass is 444 g/mol. The van der Waals surface area contributed by atoms with Crippen molar-refractivity contribution in [3.63, 3.8) is 0 Å². The third-order valence-electron chi connectivity index (χ3n) is 9.36. The summed E-state index contributed by atoms with van der Waals surface area (Å²) in [6, 6.07) is 0. The molecule has 180 valence electrons. The van der Waals surface area contributed by atoms with Crippen molar-refractivity contribution in [3.8, 4) is 0 Å². The van der Waals surface area contributed by atoms with Crippen molar-refractivity contribution in [1.82, 2.24) is 0 Å². The van der Waals surface area contributed by atoms with Gasteiger partial charge in [-0.3, -0.25) is 0 Å². The molecule has 4 nitrogen and oxygen atoms in total. The first-order chi connectivity index (χ1) is 15.0. The fraction of sp³-hybridized carbons (Fsp3) is 0.786. The van der Waals surface area contributed by atoms with Gasteiger partial charge in [-0.2, -0.15) is 0 Å². The topological polar surface area (TPSA) is 69.9 Å². The molecule has 0 bridgehead atoms. The maximum Gasteiger partial charge on any atom is 0.0861 e. The molecule has 3 saturated carbocycles. The molecule has 32 heavy (non-hydrogen) atoms. The van der Waals surface area contributed by atoms with Gasteiger partial charge in [0.1, 0.15) is 0 Å². The van der Waals surface area contributed by atoms with E-state index in [1.54, 1.807) is 0 Å². The molecule has 4 heteroatoms. The van der Waals surface area contributed by atoms with Gasteiger partial charge < -0.3 is 20.1 Å². The Morgan fingerprint density at radius 1 is 1.16 bits per heavy atom. The first kappa shape index (κ1) is 24.2. The molecule has 0 spiro atoms. The molecule has 8 atom stereocenters. The lowest BCUT2D eigenvalue weighted by molar-refractivity contribution is -0.104. The highest BCUT2D eigenvalue weighted by Crippen LogP contribution is 2.60. The number of ether oxygens (including phenoxy) is 1. The van der Waals surface area contributed by atoms with Crippen LogP contribution in [-0.4, -0.2) is 45.3 Å². The Balaban J connectivity index is 1.49. The Bertz CT molecular complexity index is 775. The van der Waals surface area contributed by atoms with Gasteiger partial charge in [-0.15, -0.1) is 0 Å². The van der Waals surface area contributed by atoms with Crippen LogP contribution in [0.2, 0.25) is 0 Å². The second kappa shape index (κ2) is 9.02. The Hall–Kier alpha value is -0.940. The Morgan fingerprint density at radius 2 is 1.91 bits per heavy atom. The molecule has 4 aliphatic rings. The zero-order chi connectivity index (χ0) is 23.3. The Kier molecular flexibility index (Phi) is 6.82. The first-order valence-electron chi connectivity index (χ1n) is 12.8. The summed E-state index contributed by atoms with van der Waals surface area (Å²) in [6.07, 6.45) is 12.6. The molecule has 0 amide bonds. The third kappa shape index (κ3) is 4.53. The fourth-order valence-corrected chi connectivity index (χ4v) is 7.44. The molecule has 0 radical (unpaired) electrons. The lowest BCUT2D eigenvalue weighted by atomic mass is 9.60. The highest BCUT2D eigenvalue weighted by Gasteiger charge is 2.53. The van der Waals surface area contributed by atoms with Crippen LogP contribution < -0.4 is 0 Å². The van der Waals surface area contributed by atoms with Crippen LogP contribution in [0.3, 0.4) is 0 Å². The summed E-state index contributed by atoms with van der Waals surface area (Å²) < 4.78 is 6.38. The molecule has 3 N–H and O–H groups in total. The fourth-order valence-electron chi connectivity index (χ4n) is 7.44. The van der Waals surface area contributed by atoms with Gasteiger partial charge in [-0.05, 0) is 99.5 Å². The standard InChI is InChI=1S/C28H44O4/c1-17-20(15-21(29)16-24(17)30)9-8-19-7-6-14-28(5)22(10-11-23(19)28)18(2)25-12-13-26(32-25)27(3,4)31/h8-9,18,21-26,29-31H,1,6-7,10-16H2,2-5H3/b19-8+,20-9-/t18-,21+,22+,23-,24+,25-,26-,28+/m0/s1. The van der Waals surface area contributed by atoms with Gasteiger partial charge in [-0.1, -0.05) is 38.2 Å². The van der Waals surface area contributed by atoms with Crippen molar-refractivity contribution in [1.29, 1.82) is 0 Å². The predicted molar refractivity (Wildman–Crippen MR) is 128 cm³/mol. The van der Waals surface area contributed by atoms with Crippen LogP contribution >= 0.6 is 0 Å². The van der Waals surface area contributed by atoms with Gasteiger partial charge in [-0.25, -0.2) is 0 Å². The number of hydrogen-bond donors (Lipinski definition) is 3. The van der Waals surface area contributed by atoms with E-state index in [-0.39, 0.29) is 12.2 Å². The van der Waals surface area contributed by atoms with Crippen molar-refractivity contribution in [3.05, 3.63) is 35.5 Å². The highest BCUT2D eigenvalue weighted by atomic mass is 16.5. The summed E-state index contributed by atoms with van der Waals surface area (Å²) in [5.41, 5.74) is 2.82. The van der Waals surface area contributed by atoms with E-state index in [4.69, 9.17) is 4.74 Å². The summed E-state index contributed by atoms with van der Waals surface area (Å²) in [6.45, 7) is 12.7. The minimum atomic E-state index is -0.769. The van der Waals surface area contributed by atoms with Crippen LogP contribution in [0, 0.1) is 23.2 Å². The molecule has 0 unspecified atom stereocenters. The number of hydrogen-bond acceptors (Lipinski definition) is 4. The van der Waals surface area contributed by atoms with Crippen molar-refractivity contribution >= 4 is 0 Å². The van der Waals surface area contributed by atoms with E-state index in [2.05, 4.69) is 32.6 Å². The van der Waals surface area contributed by atoms with E-state index < -0.39 is 17.8 Å². The molecule has 4 rings (SSSR count). The largest absolute Gasteiger partial charge is 0.393 e. The van der Waals surface area contributed by atoms with Crippen LogP contribution in [0.5, 0.6) is 0 Å². The quantitative estimate of drug-likeness (QED) is 0.565. The lowest BCUT2D eigenvalue weighted by Gasteiger charge is -2.45. The SMILES string of the molecule is C=C1/C(=C\C=C2/CCC[C@]3(C)[C@@H]([C@H](C)[C@@H]4CC[C@@H](C(C)(C)O)O4)CC[C@@H]23)C[C@@H](O)C[C@H]1O. The van der Waals surface area contributed by atoms with Crippen LogP contribution in [-0.2, 0) is 4.74 Å². The van der Waals surface area contributed by atoms with Gasteiger partial charge in [0.05, 0.1) is 30.0 Å². The predicted octanol–water partition coefficient (Wildman–Crippen LogP) is 5.08. The number of aliphatic hydroxyl groups excluding tert-OH is 2. The molecule has 1 saturated heterocycles. The molecule has 0 aromatic carbocycles.